The fourth-order valence-electron chi connectivity index (χ4n) is 1.19. The summed E-state index contributed by atoms with van der Waals surface area (Å²) < 4.78 is 41.4. The van der Waals surface area contributed by atoms with Gasteiger partial charge in [-0.3, -0.25) is 0 Å². The standard InChI is InChI=1S/C11H13BrF3NO/c1-7(16)8-2-3-10(9(12)6-8)17-5-4-11(13,14)15/h2-3,6-7H,4-5,16H2,1H3. The highest BCUT2D eigenvalue weighted by molar-refractivity contribution is 9.10. The van der Waals surface area contributed by atoms with E-state index in [9.17, 15) is 13.2 Å². The first kappa shape index (κ1) is 14.3. The smallest absolute Gasteiger partial charge is 0.392 e. The van der Waals surface area contributed by atoms with Gasteiger partial charge in [0.05, 0.1) is 17.5 Å². The lowest BCUT2D eigenvalue weighted by molar-refractivity contribution is -0.139. The van der Waals surface area contributed by atoms with E-state index in [1.54, 1.807) is 18.2 Å². The van der Waals surface area contributed by atoms with Gasteiger partial charge in [0.15, 0.2) is 0 Å². The molecule has 96 valence electrons. The van der Waals surface area contributed by atoms with Gasteiger partial charge in [0.2, 0.25) is 0 Å². The van der Waals surface area contributed by atoms with Crippen molar-refractivity contribution < 1.29 is 17.9 Å². The van der Waals surface area contributed by atoms with Crippen molar-refractivity contribution in [3.8, 4) is 5.75 Å². The summed E-state index contributed by atoms with van der Waals surface area (Å²) in [5.74, 6) is 0.388. The molecule has 0 aliphatic rings. The topological polar surface area (TPSA) is 35.2 Å². The third-order valence-electron chi connectivity index (χ3n) is 2.12. The van der Waals surface area contributed by atoms with Crippen molar-refractivity contribution in [2.45, 2.75) is 25.6 Å². The first-order valence-corrected chi connectivity index (χ1v) is 5.83. The van der Waals surface area contributed by atoms with Gasteiger partial charge in [0.25, 0.3) is 0 Å². The molecule has 2 N–H and O–H groups in total. The van der Waals surface area contributed by atoms with Gasteiger partial charge in [-0.25, -0.2) is 0 Å². The second kappa shape index (κ2) is 5.73. The predicted octanol–water partition coefficient (Wildman–Crippen LogP) is 3.80. The van der Waals surface area contributed by atoms with E-state index in [-0.39, 0.29) is 12.6 Å². The van der Waals surface area contributed by atoms with Crippen molar-refractivity contribution in [2.24, 2.45) is 5.73 Å². The molecule has 0 aliphatic carbocycles. The van der Waals surface area contributed by atoms with Gasteiger partial charge >= 0.3 is 6.18 Å². The van der Waals surface area contributed by atoms with Crippen molar-refractivity contribution in [2.75, 3.05) is 6.61 Å². The van der Waals surface area contributed by atoms with Crippen LogP contribution in [0.25, 0.3) is 0 Å². The second-order valence-corrected chi connectivity index (χ2v) is 4.55. The molecule has 0 amide bonds. The van der Waals surface area contributed by atoms with Gasteiger partial charge < -0.3 is 10.5 Å². The van der Waals surface area contributed by atoms with Crippen LogP contribution in [0.2, 0.25) is 0 Å². The van der Waals surface area contributed by atoms with Crippen molar-refractivity contribution in [3.05, 3.63) is 28.2 Å². The van der Waals surface area contributed by atoms with E-state index in [1.807, 2.05) is 6.92 Å². The van der Waals surface area contributed by atoms with Crippen LogP contribution in [0.3, 0.4) is 0 Å². The summed E-state index contributed by atoms with van der Waals surface area (Å²) in [4.78, 5) is 0. The number of benzene rings is 1. The molecule has 1 unspecified atom stereocenters. The average Bonchev–Trinajstić information content (AvgIpc) is 2.18. The van der Waals surface area contributed by atoms with Crippen LogP contribution in [0.15, 0.2) is 22.7 Å². The van der Waals surface area contributed by atoms with Crippen LogP contribution in [0.4, 0.5) is 13.2 Å². The number of hydrogen-bond acceptors (Lipinski definition) is 2. The summed E-state index contributed by atoms with van der Waals surface area (Å²) in [6, 6.07) is 4.96. The van der Waals surface area contributed by atoms with Crippen LogP contribution in [0.5, 0.6) is 5.75 Å². The van der Waals surface area contributed by atoms with Gasteiger partial charge in [-0.2, -0.15) is 13.2 Å². The van der Waals surface area contributed by atoms with Crippen molar-refractivity contribution in [1.29, 1.82) is 0 Å². The fraction of sp³-hybridized carbons (Fsp3) is 0.455. The lowest BCUT2D eigenvalue weighted by atomic mass is 10.1. The first-order valence-electron chi connectivity index (χ1n) is 5.04. The summed E-state index contributed by atoms with van der Waals surface area (Å²) in [6.07, 6.45) is -5.16. The Morgan fingerprint density at radius 1 is 1.41 bits per heavy atom. The molecule has 0 aliphatic heterocycles. The molecule has 17 heavy (non-hydrogen) atoms. The molecule has 1 rings (SSSR count). The molecular formula is C11H13BrF3NO. The molecular weight excluding hydrogens is 299 g/mol. The molecule has 1 atom stereocenters. The SMILES string of the molecule is CC(N)c1ccc(OCCC(F)(F)F)c(Br)c1. The third kappa shape index (κ3) is 4.95. The van der Waals surface area contributed by atoms with Gasteiger partial charge in [-0.15, -0.1) is 0 Å². The van der Waals surface area contributed by atoms with Crippen LogP contribution in [-0.2, 0) is 0 Å². The van der Waals surface area contributed by atoms with E-state index in [4.69, 9.17) is 10.5 Å². The molecule has 1 aromatic rings. The number of alkyl halides is 3. The largest absolute Gasteiger partial charge is 0.492 e. The predicted molar refractivity (Wildman–Crippen MR) is 62.9 cm³/mol. The minimum Gasteiger partial charge on any atom is -0.492 e. The Balaban J connectivity index is 2.61. The molecule has 1 aromatic carbocycles. The number of halogens is 4. The highest BCUT2D eigenvalue weighted by Crippen LogP contribution is 2.28. The highest BCUT2D eigenvalue weighted by atomic mass is 79.9. The molecule has 0 heterocycles. The number of ether oxygens (including phenoxy) is 1. The summed E-state index contributed by atoms with van der Waals surface area (Å²) in [5.41, 5.74) is 6.57. The Labute approximate surface area is 106 Å². The summed E-state index contributed by atoms with van der Waals surface area (Å²) in [6.45, 7) is 1.44. The van der Waals surface area contributed by atoms with Crippen molar-refractivity contribution in [3.63, 3.8) is 0 Å². The molecule has 0 radical (unpaired) electrons. The van der Waals surface area contributed by atoms with Gasteiger partial charge in [-0.1, -0.05) is 6.07 Å². The van der Waals surface area contributed by atoms with Crippen LogP contribution in [0, 0.1) is 0 Å². The number of rotatable bonds is 4. The number of hydrogen-bond donors (Lipinski definition) is 1. The average molecular weight is 312 g/mol. The molecule has 0 spiro atoms. The molecule has 0 bridgehead atoms. The third-order valence-corrected chi connectivity index (χ3v) is 2.74. The van der Waals surface area contributed by atoms with Gasteiger partial charge in [-0.05, 0) is 40.5 Å². The lowest BCUT2D eigenvalue weighted by Crippen LogP contribution is -2.13. The minimum absolute atomic E-state index is 0.129. The van der Waals surface area contributed by atoms with E-state index in [2.05, 4.69) is 15.9 Å². The van der Waals surface area contributed by atoms with E-state index in [1.165, 1.54) is 0 Å². The molecule has 0 saturated carbocycles. The summed E-state index contributed by atoms with van der Waals surface area (Å²) in [7, 11) is 0. The molecule has 0 aromatic heterocycles. The normalized spacial score (nSPS) is 13.5. The first-order chi connectivity index (χ1) is 7.79. The quantitative estimate of drug-likeness (QED) is 0.918. The Bertz CT molecular complexity index is 379. The summed E-state index contributed by atoms with van der Waals surface area (Å²) in [5, 5.41) is 0. The Kier molecular flexibility index (Phi) is 4.82. The fourth-order valence-corrected chi connectivity index (χ4v) is 1.71. The van der Waals surface area contributed by atoms with Crippen LogP contribution in [-0.4, -0.2) is 12.8 Å². The molecule has 0 saturated heterocycles. The summed E-state index contributed by atoms with van der Waals surface area (Å²) >= 11 is 3.23. The van der Waals surface area contributed by atoms with E-state index in [0.29, 0.717) is 10.2 Å². The minimum atomic E-state index is -4.20. The van der Waals surface area contributed by atoms with Gasteiger partial charge in [0, 0.05) is 6.04 Å². The Hall–Kier alpha value is -0.750. The highest BCUT2D eigenvalue weighted by Gasteiger charge is 2.26. The van der Waals surface area contributed by atoms with Crippen LogP contribution in [0.1, 0.15) is 24.9 Å². The lowest BCUT2D eigenvalue weighted by Gasteiger charge is -2.12. The maximum atomic E-state index is 11.9. The molecule has 2 nitrogen and oxygen atoms in total. The van der Waals surface area contributed by atoms with Crippen LogP contribution < -0.4 is 10.5 Å². The zero-order valence-electron chi connectivity index (χ0n) is 9.22. The maximum absolute atomic E-state index is 11.9. The van der Waals surface area contributed by atoms with E-state index < -0.39 is 12.6 Å². The molecule has 0 fully saturated rings. The van der Waals surface area contributed by atoms with Crippen molar-refractivity contribution in [1.82, 2.24) is 0 Å². The Morgan fingerprint density at radius 3 is 2.53 bits per heavy atom. The zero-order chi connectivity index (χ0) is 13.1. The number of nitrogens with two attached hydrogens (primary N) is 1. The molecule has 6 heteroatoms. The Morgan fingerprint density at radius 2 is 2.06 bits per heavy atom. The van der Waals surface area contributed by atoms with Crippen molar-refractivity contribution >= 4 is 15.9 Å². The van der Waals surface area contributed by atoms with E-state index in [0.717, 1.165) is 5.56 Å². The van der Waals surface area contributed by atoms with Crippen LogP contribution >= 0.6 is 15.9 Å². The van der Waals surface area contributed by atoms with E-state index >= 15 is 0 Å². The monoisotopic (exact) mass is 311 g/mol. The zero-order valence-corrected chi connectivity index (χ0v) is 10.8. The van der Waals surface area contributed by atoms with Gasteiger partial charge in [0.1, 0.15) is 5.75 Å². The maximum Gasteiger partial charge on any atom is 0.392 e. The second-order valence-electron chi connectivity index (χ2n) is 3.69.